The van der Waals surface area contributed by atoms with Crippen molar-refractivity contribution < 1.29 is 9.47 Å². The summed E-state index contributed by atoms with van der Waals surface area (Å²) in [7, 11) is 1.58. The van der Waals surface area contributed by atoms with Crippen molar-refractivity contribution in [2.24, 2.45) is 10.2 Å². The molecular weight excluding hydrogens is 266 g/mol. The van der Waals surface area contributed by atoms with Crippen LogP contribution in [0.2, 0.25) is 0 Å². The van der Waals surface area contributed by atoms with Gasteiger partial charge >= 0.3 is 0 Å². The Labute approximate surface area is 123 Å². The van der Waals surface area contributed by atoms with Gasteiger partial charge in [0.1, 0.15) is 6.61 Å². The lowest BCUT2D eigenvalue weighted by atomic mass is 10.2. The predicted octanol–water partition coefficient (Wildman–Crippen LogP) is 3.39. The third kappa shape index (κ3) is 4.32. The van der Waals surface area contributed by atoms with Crippen molar-refractivity contribution in [2.45, 2.75) is 6.54 Å². The minimum atomic E-state index is 0.193. The highest BCUT2D eigenvalue weighted by Gasteiger charge is 2.05. The highest BCUT2D eigenvalue weighted by Crippen LogP contribution is 2.28. The minimum absolute atomic E-state index is 0.193. The van der Waals surface area contributed by atoms with E-state index in [-0.39, 0.29) is 6.61 Å². The van der Waals surface area contributed by atoms with Gasteiger partial charge in [0.15, 0.2) is 11.5 Å². The van der Waals surface area contributed by atoms with Crippen LogP contribution in [0.4, 0.5) is 5.69 Å². The molecule has 1 aromatic carbocycles. The van der Waals surface area contributed by atoms with Crippen LogP contribution in [0.1, 0.15) is 5.56 Å². The molecule has 0 saturated heterocycles. The van der Waals surface area contributed by atoms with Gasteiger partial charge in [-0.2, -0.15) is 10.2 Å². The van der Waals surface area contributed by atoms with Crippen LogP contribution in [0.25, 0.3) is 0 Å². The summed E-state index contributed by atoms with van der Waals surface area (Å²) in [6.07, 6.45) is 8.54. The lowest BCUT2D eigenvalue weighted by Crippen LogP contribution is -1.97. The third-order valence-corrected chi connectivity index (χ3v) is 2.64. The summed E-state index contributed by atoms with van der Waals surface area (Å²) < 4.78 is 10.7. The summed E-state index contributed by atoms with van der Waals surface area (Å²) in [5.41, 5.74) is 1.72. The maximum absolute atomic E-state index is 5.44. The second-order valence-electron chi connectivity index (χ2n) is 4.08. The zero-order chi connectivity index (χ0) is 14.9. The van der Waals surface area contributed by atoms with Gasteiger partial charge in [0.25, 0.3) is 0 Å². The quantitative estimate of drug-likeness (QED) is 0.602. The molecular formula is C16H15N3O2. The molecule has 0 saturated carbocycles. The molecule has 1 heterocycles. The van der Waals surface area contributed by atoms with Crippen LogP contribution in [0.5, 0.6) is 11.5 Å². The summed E-state index contributed by atoms with van der Waals surface area (Å²) in [6, 6.07) is 9.16. The molecule has 2 rings (SSSR count). The Balaban J connectivity index is 2.06. The van der Waals surface area contributed by atoms with Crippen molar-refractivity contribution in [3.63, 3.8) is 0 Å². The van der Waals surface area contributed by atoms with E-state index in [0.29, 0.717) is 18.0 Å². The molecule has 0 bridgehead atoms. The molecule has 0 atom stereocenters. The van der Waals surface area contributed by atoms with Crippen molar-refractivity contribution in [1.82, 2.24) is 4.98 Å². The van der Waals surface area contributed by atoms with Gasteiger partial charge in [-0.15, -0.1) is 6.42 Å². The Morgan fingerprint density at radius 1 is 1.19 bits per heavy atom. The van der Waals surface area contributed by atoms with Gasteiger partial charge in [-0.1, -0.05) is 12.0 Å². The van der Waals surface area contributed by atoms with Gasteiger partial charge in [-0.3, -0.25) is 4.98 Å². The van der Waals surface area contributed by atoms with Crippen LogP contribution >= 0.6 is 0 Å². The molecule has 0 amide bonds. The number of hydrogen-bond donors (Lipinski definition) is 0. The molecule has 0 N–H and O–H groups in total. The van der Waals surface area contributed by atoms with Gasteiger partial charge in [0.2, 0.25) is 0 Å². The minimum Gasteiger partial charge on any atom is -0.493 e. The Morgan fingerprint density at radius 3 is 2.71 bits per heavy atom. The summed E-state index contributed by atoms with van der Waals surface area (Å²) >= 11 is 0. The van der Waals surface area contributed by atoms with Gasteiger partial charge in [0.05, 0.1) is 19.3 Å². The molecule has 2 aromatic rings. The number of aromatic nitrogens is 1. The molecule has 0 aliphatic carbocycles. The topological polar surface area (TPSA) is 56.1 Å². The van der Waals surface area contributed by atoms with Gasteiger partial charge in [0, 0.05) is 12.4 Å². The molecule has 0 spiro atoms. The first-order valence-electron chi connectivity index (χ1n) is 6.34. The Bertz CT molecular complexity index is 648. The fraction of sp³-hybridized carbons (Fsp3) is 0.188. The summed E-state index contributed by atoms with van der Waals surface area (Å²) in [5, 5.41) is 8.27. The summed E-state index contributed by atoms with van der Waals surface area (Å²) in [5.74, 6) is 3.67. The standard InChI is InChI=1S/C16H15N3O2/c1-3-10-21-16-11-13(4-5-15(16)20-2)12-18-19-14-6-8-17-9-7-14/h1,4-9,11H,10,12H2,2H3. The largest absolute Gasteiger partial charge is 0.493 e. The van der Waals surface area contributed by atoms with Crippen molar-refractivity contribution in [3.05, 3.63) is 48.3 Å². The summed E-state index contributed by atoms with van der Waals surface area (Å²) in [4.78, 5) is 3.92. The van der Waals surface area contributed by atoms with Gasteiger partial charge < -0.3 is 9.47 Å². The number of terminal acetylenes is 1. The molecule has 21 heavy (non-hydrogen) atoms. The number of benzene rings is 1. The second-order valence-corrected chi connectivity index (χ2v) is 4.08. The second kappa shape index (κ2) is 7.65. The van der Waals surface area contributed by atoms with Crippen LogP contribution in [0.3, 0.4) is 0 Å². The molecule has 0 unspecified atom stereocenters. The zero-order valence-corrected chi connectivity index (χ0v) is 11.7. The first kappa shape index (κ1) is 14.5. The van der Waals surface area contributed by atoms with E-state index in [0.717, 1.165) is 11.3 Å². The van der Waals surface area contributed by atoms with E-state index < -0.39 is 0 Å². The highest BCUT2D eigenvalue weighted by molar-refractivity contribution is 5.43. The van der Waals surface area contributed by atoms with Crippen molar-refractivity contribution in [1.29, 1.82) is 0 Å². The maximum atomic E-state index is 5.44. The fourth-order valence-corrected chi connectivity index (χ4v) is 1.66. The van der Waals surface area contributed by atoms with E-state index >= 15 is 0 Å². The van der Waals surface area contributed by atoms with E-state index in [4.69, 9.17) is 15.9 Å². The molecule has 0 radical (unpaired) electrons. The molecule has 106 valence electrons. The molecule has 0 aliphatic rings. The molecule has 0 fully saturated rings. The summed E-state index contributed by atoms with van der Waals surface area (Å²) in [6.45, 7) is 0.636. The molecule has 5 nitrogen and oxygen atoms in total. The van der Waals surface area contributed by atoms with E-state index in [1.54, 1.807) is 31.6 Å². The van der Waals surface area contributed by atoms with Gasteiger partial charge in [-0.25, -0.2) is 0 Å². The fourth-order valence-electron chi connectivity index (χ4n) is 1.66. The van der Waals surface area contributed by atoms with Gasteiger partial charge in [-0.05, 0) is 29.8 Å². The average molecular weight is 281 g/mol. The number of ether oxygens (including phenoxy) is 2. The van der Waals surface area contributed by atoms with Crippen molar-refractivity contribution in [3.8, 4) is 23.8 Å². The maximum Gasteiger partial charge on any atom is 0.162 e. The van der Waals surface area contributed by atoms with E-state index in [1.165, 1.54) is 0 Å². The van der Waals surface area contributed by atoms with E-state index in [9.17, 15) is 0 Å². The number of rotatable bonds is 6. The lowest BCUT2D eigenvalue weighted by molar-refractivity contribution is 0.330. The average Bonchev–Trinajstić information content (AvgIpc) is 2.54. The SMILES string of the molecule is C#CCOc1cc(CN=Nc2ccncc2)ccc1OC. The Morgan fingerprint density at radius 2 is 2.00 bits per heavy atom. The number of methoxy groups -OCH3 is 1. The van der Waals surface area contributed by atoms with Crippen LogP contribution in [0.15, 0.2) is 53.0 Å². The van der Waals surface area contributed by atoms with Crippen molar-refractivity contribution in [2.75, 3.05) is 13.7 Å². The lowest BCUT2D eigenvalue weighted by Gasteiger charge is -2.09. The van der Waals surface area contributed by atoms with Crippen molar-refractivity contribution >= 4 is 5.69 Å². The number of pyridine rings is 1. The normalized spacial score (nSPS) is 10.3. The van der Waals surface area contributed by atoms with Crippen LogP contribution in [-0.4, -0.2) is 18.7 Å². The molecule has 1 aromatic heterocycles. The monoisotopic (exact) mass is 281 g/mol. The third-order valence-electron chi connectivity index (χ3n) is 2.64. The molecule has 5 heteroatoms. The highest BCUT2D eigenvalue weighted by atomic mass is 16.5. The first-order valence-corrected chi connectivity index (χ1v) is 6.34. The predicted molar refractivity (Wildman–Crippen MR) is 79.8 cm³/mol. The number of hydrogen-bond acceptors (Lipinski definition) is 5. The van der Waals surface area contributed by atoms with Crippen LogP contribution < -0.4 is 9.47 Å². The van der Waals surface area contributed by atoms with E-state index in [1.807, 2.05) is 18.2 Å². The Kier molecular flexibility index (Phi) is 5.30. The number of nitrogens with zero attached hydrogens (tertiary/aromatic N) is 3. The first-order chi connectivity index (χ1) is 10.3. The smallest absolute Gasteiger partial charge is 0.162 e. The van der Waals surface area contributed by atoms with E-state index in [2.05, 4.69) is 21.1 Å². The number of azo groups is 1. The zero-order valence-electron chi connectivity index (χ0n) is 11.7. The molecule has 0 aliphatic heterocycles. The van der Waals surface area contributed by atoms with Crippen LogP contribution in [0, 0.1) is 12.3 Å². The van der Waals surface area contributed by atoms with Crippen LogP contribution in [-0.2, 0) is 6.54 Å². The Hall–Kier alpha value is -2.87.